The molecule has 0 spiro atoms. The zero-order valence-corrected chi connectivity index (χ0v) is 16.5. The van der Waals surface area contributed by atoms with E-state index in [9.17, 15) is 19.2 Å². The first-order valence-electron chi connectivity index (χ1n) is 9.80. The fraction of sp³-hybridized carbons (Fsp3) is 0.273. The summed E-state index contributed by atoms with van der Waals surface area (Å²) < 4.78 is 16.1. The summed E-state index contributed by atoms with van der Waals surface area (Å²) in [6, 6.07) is 8.98. The number of carbonyl (C=O) groups excluding carboxylic acids is 4. The SMILES string of the molecule is CC(=O)c1cc2c(cc1NC(=O)C1CCC(=O)N1C1OC(=O)c3ccccc31)OCO2. The number of fused-ring (bicyclic) bond motifs is 2. The summed E-state index contributed by atoms with van der Waals surface area (Å²) in [5.74, 6) is -0.714. The predicted molar refractivity (Wildman–Crippen MR) is 106 cm³/mol. The number of likely N-dealkylation sites (tertiary alicyclic amines) is 1. The van der Waals surface area contributed by atoms with Crippen LogP contribution in [0.5, 0.6) is 11.5 Å². The van der Waals surface area contributed by atoms with Crippen LogP contribution in [0, 0.1) is 0 Å². The Bertz CT molecular complexity index is 1140. The molecule has 5 rings (SSSR count). The summed E-state index contributed by atoms with van der Waals surface area (Å²) in [6.07, 6.45) is -0.547. The quantitative estimate of drug-likeness (QED) is 0.595. The fourth-order valence-electron chi connectivity index (χ4n) is 4.14. The van der Waals surface area contributed by atoms with Crippen molar-refractivity contribution in [3.63, 3.8) is 0 Å². The Labute approximate surface area is 176 Å². The molecule has 9 heteroatoms. The van der Waals surface area contributed by atoms with Crippen molar-refractivity contribution in [3.8, 4) is 11.5 Å². The maximum atomic E-state index is 13.2. The highest BCUT2D eigenvalue weighted by Gasteiger charge is 2.46. The number of rotatable bonds is 4. The third-order valence-corrected chi connectivity index (χ3v) is 5.63. The largest absolute Gasteiger partial charge is 0.454 e. The normalized spacial score (nSPS) is 21.1. The molecular weight excluding hydrogens is 404 g/mol. The van der Waals surface area contributed by atoms with Crippen molar-refractivity contribution in [2.75, 3.05) is 12.1 Å². The number of Topliss-reactive ketones (excluding diaryl/α,β-unsaturated/α-hetero) is 1. The van der Waals surface area contributed by atoms with Gasteiger partial charge in [-0.15, -0.1) is 0 Å². The van der Waals surface area contributed by atoms with E-state index in [0.717, 1.165) is 0 Å². The lowest BCUT2D eigenvalue weighted by atomic mass is 10.1. The van der Waals surface area contributed by atoms with E-state index in [1.807, 2.05) is 0 Å². The molecule has 3 aliphatic rings. The Morgan fingerprint density at radius 2 is 1.84 bits per heavy atom. The Balaban J connectivity index is 1.44. The number of carbonyl (C=O) groups is 4. The first-order valence-corrected chi connectivity index (χ1v) is 9.80. The van der Waals surface area contributed by atoms with Crippen molar-refractivity contribution >= 4 is 29.3 Å². The highest BCUT2D eigenvalue weighted by atomic mass is 16.7. The van der Waals surface area contributed by atoms with Crippen molar-refractivity contribution in [1.29, 1.82) is 0 Å². The van der Waals surface area contributed by atoms with Gasteiger partial charge in [0, 0.05) is 23.6 Å². The summed E-state index contributed by atoms with van der Waals surface area (Å²) in [5.41, 5.74) is 1.46. The van der Waals surface area contributed by atoms with Gasteiger partial charge in [0.1, 0.15) is 6.04 Å². The maximum absolute atomic E-state index is 13.2. The average Bonchev–Trinajstić information content (AvgIpc) is 3.44. The van der Waals surface area contributed by atoms with E-state index >= 15 is 0 Å². The van der Waals surface area contributed by atoms with Gasteiger partial charge < -0.3 is 19.5 Å². The third-order valence-electron chi connectivity index (χ3n) is 5.63. The molecule has 2 unspecified atom stereocenters. The number of hydrogen-bond acceptors (Lipinski definition) is 7. The Hall–Kier alpha value is -3.88. The highest BCUT2D eigenvalue weighted by Crippen LogP contribution is 2.40. The molecule has 0 aromatic heterocycles. The van der Waals surface area contributed by atoms with Gasteiger partial charge in [-0.25, -0.2) is 4.79 Å². The van der Waals surface area contributed by atoms with Crippen LogP contribution in [-0.2, 0) is 14.3 Å². The molecule has 0 bridgehead atoms. The minimum absolute atomic E-state index is 0.0292. The molecule has 0 aliphatic carbocycles. The molecule has 0 radical (unpaired) electrons. The lowest BCUT2D eigenvalue weighted by molar-refractivity contribution is -0.144. The van der Waals surface area contributed by atoms with Crippen molar-refractivity contribution in [2.45, 2.75) is 32.0 Å². The van der Waals surface area contributed by atoms with Crippen LogP contribution in [0.2, 0.25) is 0 Å². The lowest BCUT2D eigenvalue weighted by Crippen LogP contribution is -2.44. The average molecular weight is 422 g/mol. The molecule has 3 heterocycles. The van der Waals surface area contributed by atoms with Gasteiger partial charge in [0.15, 0.2) is 17.3 Å². The summed E-state index contributed by atoms with van der Waals surface area (Å²) >= 11 is 0. The monoisotopic (exact) mass is 422 g/mol. The van der Waals surface area contributed by atoms with Crippen molar-refractivity contribution in [3.05, 3.63) is 53.1 Å². The zero-order valence-electron chi connectivity index (χ0n) is 16.5. The fourth-order valence-corrected chi connectivity index (χ4v) is 4.14. The Morgan fingerprint density at radius 3 is 2.61 bits per heavy atom. The molecule has 1 fully saturated rings. The van der Waals surface area contributed by atoms with E-state index in [1.54, 1.807) is 24.3 Å². The van der Waals surface area contributed by atoms with E-state index < -0.39 is 24.1 Å². The zero-order chi connectivity index (χ0) is 21.7. The highest BCUT2D eigenvalue weighted by molar-refractivity contribution is 6.07. The number of esters is 1. The van der Waals surface area contributed by atoms with Crippen LogP contribution < -0.4 is 14.8 Å². The van der Waals surface area contributed by atoms with Gasteiger partial charge in [0.25, 0.3) is 0 Å². The number of amides is 2. The van der Waals surface area contributed by atoms with E-state index in [4.69, 9.17) is 14.2 Å². The maximum Gasteiger partial charge on any atom is 0.340 e. The summed E-state index contributed by atoms with van der Waals surface area (Å²) in [4.78, 5) is 51.4. The van der Waals surface area contributed by atoms with Gasteiger partial charge in [-0.05, 0) is 25.5 Å². The third kappa shape index (κ3) is 3.09. The number of benzene rings is 2. The summed E-state index contributed by atoms with van der Waals surface area (Å²) in [5, 5.41) is 2.74. The van der Waals surface area contributed by atoms with Crippen molar-refractivity contribution < 1.29 is 33.4 Å². The van der Waals surface area contributed by atoms with Crippen LogP contribution in [-0.4, -0.2) is 41.3 Å². The summed E-state index contributed by atoms with van der Waals surface area (Å²) in [7, 11) is 0. The second kappa shape index (κ2) is 7.12. The van der Waals surface area contributed by atoms with Crippen LogP contribution >= 0.6 is 0 Å². The number of nitrogens with one attached hydrogen (secondary N) is 1. The number of cyclic esters (lactones) is 1. The number of ether oxygens (including phenoxy) is 3. The molecule has 158 valence electrons. The molecule has 2 amide bonds. The number of ketones is 1. The second-order valence-corrected chi connectivity index (χ2v) is 7.50. The molecule has 0 saturated carbocycles. The van der Waals surface area contributed by atoms with E-state index in [1.165, 1.54) is 24.0 Å². The van der Waals surface area contributed by atoms with Crippen molar-refractivity contribution in [2.24, 2.45) is 0 Å². The van der Waals surface area contributed by atoms with Crippen LogP contribution in [0.25, 0.3) is 0 Å². The molecule has 3 aliphatic heterocycles. The van der Waals surface area contributed by atoms with Crippen LogP contribution in [0.3, 0.4) is 0 Å². The van der Waals surface area contributed by atoms with Crippen molar-refractivity contribution in [1.82, 2.24) is 4.90 Å². The molecule has 9 nitrogen and oxygen atoms in total. The second-order valence-electron chi connectivity index (χ2n) is 7.50. The van der Waals surface area contributed by atoms with Crippen LogP contribution in [0.1, 0.15) is 52.3 Å². The molecule has 31 heavy (non-hydrogen) atoms. The van der Waals surface area contributed by atoms with E-state index in [2.05, 4.69) is 5.32 Å². The molecule has 2 atom stereocenters. The number of nitrogens with zero attached hydrogens (tertiary/aromatic N) is 1. The van der Waals surface area contributed by atoms with Gasteiger partial charge in [-0.1, -0.05) is 18.2 Å². The number of hydrogen-bond donors (Lipinski definition) is 1. The van der Waals surface area contributed by atoms with Gasteiger partial charge in [-0.2, -0.15) is 0 Å². The molecule has 2 aromatic carbocycles. The van der Waals surface area contributed by atoms with Gasteiger partial charge >= 0.3 is 5.97 Å². The molecule has 1 N–H and O–H groups in total. The lowest BCUT2D eigenvalue weighted by Gasteiger charge is -2.29. The Morgan fingerprint density at radius 1 is 1.10 bits per heavy atom. The minimum atomic E-state index is -0.960. The minimum Gasteiger partial charge on any atom is -0.454 e. The molecule has 2 aromatic rings. The predicted octanol–water partition coefficient (Wildman–Crippen LogP) is 2.42. The Kier molecular flexibility index (Phi) is 4.39. The topological polar surface area (TPSA) is 111 Å². The van der Waals surface area contributed by atoms with Crippen LogP contribution in [0.15, 0.2) is 36.4 Å². The standard InChI is InChI=1S/C22H18N2O7/c1-11(25)14-8-17-18(30-10-29-17)9-15(14)23-20(27)16-6-7-19(26)24(16)21-12-4-2-3-5-13(12)22(28)31-21/h2-5,8-9,16,21H,6-7,10H2,1H3,(H,23,27). The molecular formula is C22H18N2O7. The van der Waals surface area contributed by atoms with Gasteiger partial charge in [0.05, 0.1) is 11.3 Å². The van der Waals surface area contributed by atoms with Gasteiger partial charge in [-0.3, -0.25) is 19.3 Å². The molecule has 1 saturated heterocycles. The smallest absolute Gasteiger partial charge is 0.340 e. The first-order chi connectivity index (χ1) is 14.9. The summed E-state index contributed by atoms with van der Waals surface area (Å²) in [6.45, 7) is 1.41. The van der Waals surface area contributed by atoms with E-state index in [-0.39, 0.29) is 42.6 Å². The number of anilines is 1. The van der Waals surface area contributed by atoms with Gasteiger partial charge in [0.2, 0.25) is 24.8 Å². The first kappa shape index (κ1) is 19.1. The van der Waals surface area contributed by atoms with Crippen LogP contribution in [0.4, 0.5) is 5.69 Å². The van der Waals surface area contributed by atoms with E-state index in [0.29, 0.717) is 22.6 Å².